The third kappa shape index (κ3) is 0.947. The van der Waals surface area contributed by atoms with Crippen molar-refractivity contribution in [2.75, 3.05) is 5.73 Å². The van der Waals surface area contributed by atoms with Crippen molar-refractivity contribution in [3.63, 3.8) is 0 Å². The lowest BCUT2D eigenvalue weighted by molar-refractivity contribution is 0.396. The van der Waals surface area contributed by atoms with Gasteiger partial charge in [-0.15, -0.1) is 0 Å². The Kier molecular flexibility index (Phi) is 1.39. The molecule has 78 valence electrons. The molecule has 0 amide bonds. The number of epoxide rings is 1. The van der Waals surface area contributed by atoms with Crippen LogP contribution in [-0.4, -0.2) is 6.10 Å². The van der Waals surface area contributed by atoms with Gasteiger partial charge in [0, 0.05) is 16.6 Å². The highest BCUT2D eigenvalue weighted by Gasteiger charge is 2.43. The van der Waals surface area contributed by atoms with Gasteiger partial charge in [0.1, 0.15) is 12.2 Å². The maximum atomic E-state index is 6.24. The predicted molar refractivity (Wildman–Crippen MR) is 65.0 cm³/mol. The summed E-state index contributed by atoms with van der Waals surface area (Å²) in [5, 5.41) is 2.33. The molecule has 1 heterocycles. The molecule has 4 rings (SSSR count). The molecule has 1 saturated heterocycles. The smallest absolute Gasteiger partial charge is 0.116 e. The lowest BCUT2D eigenvalue weighted by atomic mass is 9.92. The van der Waals surface area contributed by atoms with Crippen molar-refractivity contribution < 1.29 is 4.74 Å². The van der Waals surface area contributed by atoms with Crippen molar-refractivity contribution in [3.8, 4) is 0 Å². The molecule has 2 aliphatic rings. The van der Waals surface area contributed by atoms with Gasteiger partial charge in [0.2, 0.25) is 0 Å². The van der Waals surface area contributed by atoms with Crippen LogP contribution < -0.4 is 5.73 Å². The van der Waals surface area contributed by atoms with E-state index in [-0.39, 0.29) is 12.2 Å². The molecule has 1 fully saturated rings. The molecule has 1 aliphatic heterocycles. The molecule has 0 aromatic heterocycles. The fourth-order valence-corrected chi connectivity index (χ4v) is 2.57. The lowest BCUT2D eigenvalue weighted by Crippen LogP contribution is -2.01. The Bertz CT molecular complexity index is 630. The molecule has 2 N–H and O–H groups in total. The number of nitrogen functional groups attached to an aromatic ring is 1. The quantitative estimate of drug-likeness (QED) is 0.535. The van der Waals surface area contributed by atoms with Crippen LogP contribution in [0.2, 0.25) is 0 Å². The minimum absolute atomic E-state index is 0.199. The van der Waals surface area contributed by atoms with E-state index in [1.165, 1.54) is 16.5 Å². The highest BCUT2D eigenvalue weighted by atomic mass is 16.6. The molecule has 0 spiro atoms. The summed E-state index contributed by atoms with van der Waals surface area (Å²) in [5.74, 6) is 0. The topological polar surface area (TPSA) is 38.5 Å². The van der Waals surface area contributed by atoms with Crippen molar-refractivity contribution in [2.45, 2.75) is 12.2 Å². The third-order valence-electron chi connectivity index (χ3n) is 3.44. The second kappa shape index (κ2) is 2.66. The Hall–Kier alpha value is -1.80. The van der Waals surface area contributed by atoms with Crippen LogP contribution in [0.5, 0.6) is 0 Å². The van der Waals surface area contributed by atoms with Crippen LogP contribution >= 0.6 is 0 Å². The SMILES string of the molecule is Nc1c2c(cc3ccccc13)C=CC1OC21. The maximum absolute atomic E-state index is 6.24. The van der Waals surface area contributed by atoms with E-state index in [1.54, 1.807) is 0 Å². The zero-order chi connectivity index (χ0) is 10.7. The van der Waals surface area contributed by atoms with Crippen LogP contribution in [0.1, 0.15) is 17.2 Å². The highest BCUT2D eigenvalue weighted by molar-refractivity contribution is 5.97. The number of nitrogens with two attached hydrogens (primary N) is 1. The van der Waals surface area contributed by atoms with Gasteiger partial charge in [-0.2, -0.15) is 0 Å². The zero-order valence-corrected chi connectivity index (χ0v) is 8.68. The Morgan fingerprint density at radius 3 is 3.00 bits per heavy atom. The molecular formula is C14H11NO. The fraction of sp³-hybridized carbons (Fsp3) is 0.143. The molecule has 0 bridgehead atoms. The van der Waals surface area contributed by atoms with Crippen LogP contribution in [0.15, 0.2) is 36.4 Å². The van der Waals surface area contributed by atoms with Gasteiger partial charge in [-0.3, -0.25) is 0 Å². The summed E-state index contributed by atoms with van der Waals surface area (Å²) in [7, 11) is 0. The first kappa shape index (κ1) is 8.36. The van der Waals surface area contributed by atoms with Gasteiger partial charge in [0.25, 0.3) is 0 Å². The number of anilines is 1. The Morgan fingerprint density at radius 2 is 2.06 bits per heavy atom. The molecule has 2 heteroatoms. The third-order valence-corrected chi connectivity index (χ3v) is 3.44. The van der Waals surface area contributed by atoms with E-state index >= 15 is 0 Å². The number of hydrogen-bond acceptors (Lipinski definition) is 2. The Morgan fingerprint density at radius 1 is 1.19 bits per heavy atom. The second-order valence-electron chi connectivity index (χ2n) is 4.39. The number of hydrogen-bond donors (Lipinski definition) is 1. The average Bonchev–Trinajstić information content (AvgIpc) is 3.08. The predicted octanol–water partition coefficient (Wildman–Crippen LogP) is 2.89. The van der Waals surface area contributed by atoms with Gasteiger partial charge in [-0.25, -0.2) is 0 Å². The average molecular weight is 209 g/mol. The Labute approximate surface area is 93.3 Å². The van der Waals surface area contributed by atoms with E-state index in [1.807, 2.05) is 12.1 Å². The van der Waals surface area contributed by atoms with E-state index in [2.05, 4.69) is 30.4 Å². The minimum atomic E-state index is 0.199. The maximum Gasteiger partial charge on any atom is 0.116 e. The van der Waals surface area contributed by atoms with Gasteiger partial charge in [-0.1, -0.05) is 36.4 Å². The van der Waals surface area contributed by atoms with Crippen LogP contribution in [0.4, 0.5) is 5.69 Å². The molecule has 2 nitrogen and oxygen atoms in total. The van der Waals surface area contributed by atoms with Gasteiger partial charge >= 0.3 is 0 Å². The molecule has 2 unspecified atom stereocenters. The minimum Gasteiger partial charge on any atom is -0.398 e. The molecule has 2 atom stereocenters. The summed E-state index contributed by atoms with van der Waals surface area (Å²) in [5.41, 5.74) is 9.50. The molecule has 16 heavy (non-hydrogen) atoms. The standard InChI is InChI=1S/C14H11NO/c15-13-10-4-2-1-3-8(10)7-9-5-6-11-14(16-11)12(9)13/h1-7,11,14H,15H2. The number of rotatable bonds is 0. The van der Waals surface area contributed by atoms with E-state index in [0.29, 0.717) is 0 Å². The summed E-state index contributed by atoms with van der Waals surface area (Å²) in [4.78, 5) is 0. The fourth-order valence-electron chi connectivity index (χ4n) is 2.57. The van der Waals surface area contributed by atoms with Crippen molar-refractivity contribution >= 4 is 22.5 Å². The van der Waals surface area contributed by atoms with E-state index < -0.39 is 0 Å². The van der Waals surface area contributed by atoms with E-state index in [0.717, 1.165) is 11.1 Å². The van der Waals surface area contributed by atoms with Crippen molar-refractivity contribution in [1.29, 1.82) is 0 Å². The van der Waals surface area contributed by atoms with Crippen molar-refractivity contribution in [3.05, 3.63) is 47.5 Å². The molecule has 2 aromatic rings. The van der Waals surface area contributed by atoms with E-state index in [4.69, 9.17) is 10.5 Å². The monoisotopic (exact) mass is 209 g/mol. The number of benzene rings is 2. The first-order valence-electron chi connectivity index (χ1n) is 5.49. The molecule has 0 saturated carbocycles. The molecular weight excluding hydrogens is 198 g/mol. The number of fused-ring (bicyclic) bond motifs is 4. The van der Waals surface area contributed by atoms with Gasteiger partial charge in [0.15, 0.2) is 0 Å². The summed E-state index contributed by atoms with van der Waals surface area (Å²) in [6.07, 6.45) is 4.69. The first-order chi connectivity index (χ1) is 7.84. The van der Waals surface area contributed by atoms with E-state index in [9.17, 15) is 0 Å². The highest BCUT2D eigenvalue weighted by Crippen LogP contribution is 2.49. The van der Waals surface area contributed by atoms with Gasteiger partial charge < -0.3 is 10.5 Å². The van der Waals surface area contributed by atoms with Crippen LogP contribution in [0, 0.1) is 0 Å². The second-order valence-corrected chi connectivity index (χ2v) is 4.39. The number of ether oxygens (including phenoxy) is 1. The van der Waals surface area contributed by atoms with Crippen LogP contribution in [0.25, 0.3) is 16.8 Å². The molecule has 2 aromatic carbocycles. The normalized spacial score (nSPS) is 25.2. The lowest BCUT2D eigenvalue weighted by Gasteiger charge is -2.13. The molecule has 1 aliphatic carbocycles. The van der Waals surface area contributed by atoms with Crippen LogP contribution in [-0.2, 0) is 4.74 Å². The summed E-state index contributed by atoms with van der Waals surface area (Å²) in [6, 6.07) is 10.4. The van der Waals surface area contributed by atoms with Crippen LogP contribution in [0.3, 0.4) is 0 Å². The Balaban J connectivity index is 2.14. The summed E-state index contributed by atoms with van der Waals surface area (Å²) in [6.45, 7) is 0. The zero-order valence-electron chi connectivity index (χ0n) is 8.68. The van der Waals surface area contributed by atoms with Gasteiger partial charge in [-0.05, 0) is 17.0 Å². The van der Waals surface area contributed by atoms with Crippen molar-refractivity contribution in [1.82, 2.24) is 0 Å². The summed E-state index contributed by atoms with van der Waals surface area (Å²) >= 11 is 0. The molecule has 0 radical (unpaired) electrons. The van der Waals surface area contributed by atoms with Gasteiger partial charge in [0.05, 0.1) is 0 Å². The first-order valence-corrected chi connectivity index (χ1v) is 5.49. The van der Waals surface area contributed by atoms with Crippen molar-refractivity contribution in [2.24, 2.45) is 0 Å². The summed E-state index contributed by atoms with van der Waals surface area (Å²) < 4.78 is 5.57. The largest absolute Gasteiger partial charge is 0.398 e.